The highest BCUT2D eigenvalue weighted by Crippen LogP contribution is 2.18. The topological polar surface area (TPSA) is 46.8 Å². The van der Waals surface area contributed by atoms with Crippen LogP contribution in [0.1, 0.15) is 27.2 Å². The fourth-order valence-electron chi connectivity index (χ4n) is 3.26. The number of amides is 1. The highest BCUT2D eigenvalue weighted by molar-refractivity contribution is 5.94. The number of ether oxygens (including phenoxy) is 1. The van der Waals surface area contributed by atoms with Gasteiger partial charge in [-0.3, -0.25) is 4.79 Å². The summed E-state index contributed by atoms with van der Waals surface area (Å²) in [6, 6.07) is 17.2. The number of hydrogen-bond acceptors (Lipinski definition) is 3. The number of fused-ring (bicyclic) bond motifs is 1. The van der Waals surface area contributed by atoms with Crippen LogP contribution in [0, 0.1) is 12.7 Å². The standard InChI is InChI=1S/C24H22FN3O2/c1-17-6-11-23-26-21(15-28(23)13-17)16-30-22-5-3-4-19(12-22)24(29)27(2)14-18-7-9-20(25)10-8-18/h3-13,15H,14,16H2,1-2H3. The lowest BCUT2D eigenvalue weighted by Crippen LogP contribution is -2.26. The molecule has 5 nitrogen and oxygen atoms in total. The van der Waals surface area contributed by atoms with E-state index in [4.69, 9.17) is 4.74 Å². The Bertz CT molecular complexity index is 1180. The van der Waals surface area contributed by atoms with E-state index in [1.54, 1.807) is 42.3 Å². The normalized spacial score (nSPS) is 10.9. The smallest absolute Gasteiger partial charge is 0.254 e. The second-order valence-corrected chi connectivity index (χ2v) is 7.31. The first kappa shape index (κ1) is 19.6. The summed E-state index contributed by atoms with van der Waals surface area (Å²) in [7, 11) is 1.72. The van der Waals surface area contributed by atoms with Crippen molar-refractivity contribution in [1.29, 1.82) is 0 Å². The molecule has 0 fully saturated rings. The molecular weight excluding hydrogens is 381 g/mol. The number of pyridine rings is 1. The first-order chi connectivity index (χ1) is 14.5. The first-order valence-corrected chi connectivity index (χ1v) is 9.65. The average molecular weight is 403 g/mol. The number of hydrogen-bond donors (Lipinski definition) is 0. The molecule has 0 spiro atoms. The fraction of sp³-hybridized carbons (Fsp3) is 0.167. The highest BCUT2D eigenvalue weighted by Gasteiger charge is 2.13. The number of rotatable bonds is 6. The molecule has 4 aromatic rings. The van der Waals surface area contributed by atoms with Crippen molar-refractivity contribution in [2.45, 2.75) is 20.1 Å². The third-order valence-electron chi connectivity index (χ3n) is 4.80. The van der Waals surface area contributed by atoms with E-state index in [0.717, 1.165) is 22.5 Å². The second kappa shape index (κ2) is 8.37. The molecule has 2 aromatic carbocycles. The molecule has 0 aliphatic rings. The zero-order valence-corrected chi connectivity index (χ0v) is 16.9. The molecule has 0 bridgehead atoms. The Morgan fingerprint density at radius 2 is 1.90 bits per heavy atom. The minimum Gasteiger partial charge on any atom is -0.487 e. The van der Waals surface area contributed by atoms with Crippen LogP contribution in [-0.4, -0.2) is 27.2 Å². The van der Waals surface area contributed by atoms with Crippen LogP contribution < -0.4 is 4.74 Å². The maximum Gasteiger partial charge on any atom is 0.254 e. The van der Waals surface area contributed by atoms with Crippen LogP contribution in [0.3, 0.4) is 0 Å². The summed E-state index contributed by atoms with van der Waals surface area (Å²) >= 11 is 0. The number of aromatic nitrogens is 2. The lowest BCUT2D eigenvalue weighted by molar-refractivity contribution is 0.0784. The predicted octanol–water partition coefficient (Wildman–Crippen LogP) is 4.63. The van der Waals surface area contributed by atoms with Crippen LogP contribution in [0.2, 0.25) is 0 Å². The molecule has 0 atom stereocenters. The Morgan fingerprint density at radius 1 is 1.10 bits per heavy atom. The van der Waals surface area contributed by atoms with E-state index < -0.39 is 0 Å². The zero-order chi connectivity index (χ0) is 21.1. The molecule has 0 aliphatic carbocycles. The highest BCUT2D eigenvalue weighted by atomic mass is 19.1. The van der Waals surface area contributed by atoms with Crippen LogP contribution >= 0.6 is 0 Å². The van der Waals surface area contributed by atoms with Crippen molar-refractivity contribution in [2.24, 2.45) is 0 Å². The van der Waals surface area contributed by atoms with E-state index >= 15 is 0 Å². The van der Waals surface area contributed by atoms with Gasteiger partial charge in [0.25, 0.3) is 5.91 Å². The maximum atomic E-state index is 13.1. The summed E-state index contributed by atoms with van der Waals surface area (Å²) in [6.07, 6.45) is 3.95. The predicted molar refractivity (Wildman–Crippen MR) is 113 cm³/mol. The average Bonchev–Trinajstić information content (AvgIpc) is 3.15. The molecule has 4 rings (SSSR count). The quantitative estimate of drug-likeness (QED) is 0.471. The van der Waals surface area contributed by atoms with Gasteiger partial charge in [-0.05, 0) is 54.4 Å². The van der Waals surface area contributed by atoms with Crippen molar-refractivity contribution < 1.29 is 13.9 Å². The monoisotopic (exact) mass is 403 g/mol. The first-order valence-electron chi connectivity index (χ1n) is 9.65. The van der Waals surface area contributed by atoms with Crippen LogP contribution in [0.4, 0.5) is 4.39 Å². The SMILES string of the molecule is Cc1ccc2nc(COc3cccc(C(=O)N(C)Cc4ccc(F)cc4)c3)cn2c1. The molecule has 0 saturated heterocycles. The molecule has 6 heteroatoms. The van der Waals surface area contributed by atoms with Crippen molar-refractivity contribution in [3.8, 4) is 5.75 Å². The lowest BCUT2D eigenvalue weighted by Gasteiger charge is -2.18. The van der Waals surface area contributed by atoms with Gasteiger partial charge in [0.2, 0.25) is 0 Å². The fourth-order valence-corrected chi connectivity index (χ4v) is 3.26. The molecule has 0 unspecified atom stereocenters. The van der Waals surface area contributed by atoms with E-state index in [9.17, 15) is 9.18 Å². The van der Waals surface area contributed by atoms with Gasteiger partial charge >= 0.3 is 0 Å². The van der Waals surface area contributed by atoms with Gasteiger partial charge in [0, 0.05) is 31.5 Å². The summed E-state index contributed by atoms with van der Waals surface area (Å²) < 4.78 is 20.9. The van der Waals surface area contributed by atoms with Crippen LogP contribution in [-0.2, 0) is 13.2 Å². The molecule has 1 amide bonds. The summed E-state index contributed by atoms with van der Waals surface area (Å²) in [5, 5.41) is 0. The number of benzene rings is 2. The van der Waals surface area contributed by atoms with Crippen LogP contribution in [0.25, 0.3) is 5.65 Å². The Hall–Kier alpha value is -3.67. The lowest BCUT2D eigenvalue weighted by atomic mass is 10.1. The van der Waals surface area contributed by atoms with Gasteiger partial charge in [0.05, 0.1) is 5.69 Å². The summed E-state index contributed by atoms with van der Waals surface area (Å²) in [4.78, 5) is 18.9. The van der Waals surface area contributed by atoms with Gasteiger partial charge in [-0.1, -0.05) is 24.3 Å². The van der Waals surface area contributed by atoms with E-state index in [2.05, 4.69) is 4.98 Å². The number of carbonyl (C=O) groups excluding carboxylic acids is 1. The van der Waals surface area contributed by atoms with E-state index in [-0.39, 0.29) is 11.7 Å². The van der Waals surface area contributed by atoms with Gasteiger partial charge in [-0.2, -0.15) is 0 Å². The Balaban J connectivity index is 1.42. The van der Waals surface area contributed by atoms with E-state index in [0.29, 0.717) is 24.5 Å². The molecule has 152 valence electrons. The third-order valence-corrected chi connectivity index (χ3v) is 4.80. The molecule has 2 heterocycles. The van der Waals surface area contributed by atoms with Crippen LogP contribution in [0.15, 0.2) is 73.1 Å². The third kappa shape index (κ3) is 4.49. The number of halogens is 1. The summed E-state index contributed by atoms with van der Waals surface area (Å²) in [5.41, 5.74) is 4.23. The van der Waals surface area contributed by atoms with E-state index in [1.807, 2.05) is 41.9 Å². The molecule has 0 radical (unpaired) electrons. The molecule has 0 N–H and O–H groups in total. The van der Waals surface area contributed by atoms with Crippen molar-refractivity contribution in [3.63, 3.8) is 0 Å². The summed E-state index contributed by atoms with van der Waals surface area (Å²) in [6.45, 7) is 2.74. The molecule has 0 aliphatic heterocycles. The van der Waals surface area contributed by atoms with Crippen molar-refractivity contribution in [2.75, 3.05) is 7.05 Å². The van der Waals surface area contributed by atoms with E-state index in [1.165, 1.54) is 12.1 Å². The van der Waals surface area contributed by atoms with Crippen molar-refractivity contribution >= 4 is 11.6 Å². The van der Waals surface area contributed by atoms with Gasteiger partial charge in [0.1, 0.15) is 23.8 Å². The van der Waals surface area contributed by atoms with Crippen molar-refractivity contribution in [1.82, 2.24) is 14.3 Å². The number of aryl methyl sites for hydroxylation is 1. The second-order valence-electron chi connectivity index (χ2n) is 7.31. The Labute approximate surface area is 174 Å². The van der Waals surface area contributed by atoms with Gasteiger partial charge in [-0.25, -0.2) is 9.37 Å². The number of carbonyl (C=O) groups is 1. The minimum atomic E-state index is -0.293. The Kier molecular flexibility index (Phi) is 5.48. The molecule has 0 saturated carbocycles. The zero-order valence-electron chi connectivity index (χ0n) is 16.9. The molecule has 30 heavy (non-hydrogen) atoms. The van der Waals surface area contributed by atoms with Gasteiger partial charge in [-0.15, -0.1) is 0 Å². The van der Waals surface area contributed by atoms with Gasteiger partial charge < -0.3 is 14.0 Å². The number of nitrogens with zero attached hydrogens (tertiary/aromatic N) is 3. The van der Waals surface area contributed by atoms with Gasteiger partial charge in [0.15, 0.2) is 0 Å². The maximum absolute atomic E-state index is 13.1. The summed E-state index contributed by atoms with van der Waals surface area (Å²) in [5.74, 6) is 0.176. The van der Waals surface area contributed by atoms with Crippen molar-refractivity contribution in [3.05, 3.63) is 101 Å². The van der Waals surface area contributed by atoms with Crippen LogP contribution in [0.5, 0.6) is 5.75 Å². The Morgan fingerprint density at radius 3 is 2.70 bits per heavy atom. The molecule has 2 aromatic heterocycles. The largest absolute Gasteiger partial charge is 0.487 e. The number of imidazole rings is 1. The minimum absolute atomic E-state index is 0.131. The molecular formula is C24H22FN3O2.